The molecule has 8 nitrogen and oxygen atoms in total. The lowest BCUT2D eigenvalue weighted by molar-refractivity contribution is -0.152. The first-order chi connectivity index (χ1) is 18.5. The molecule has 11 heteroatoms. The van der Waals surface area contributed by atoms with E-state index in [1.807, 2.05) is 18.2 Å². The van der Waals surface area contributed by atoms with Gasteiger partial charge in [-0.15, -0.1) is 0 Å². The maximum absolute atomic E-state index is 14.2. The van der Waals surface area contributed by atoms with Gasteiger partial charge < -0.3 is 25.3 Å². The van der Waals surface area contributed by atoms with E-state index in [-0.39, 0.29) is 0 Å². The second kappa shape index (κ2) is 10.7. The summed E-state index contributed by atoms with van der Waals surface area (Å²) in [6.07, 6.45) is -0.204. The zero-order valence-corrected chi connectivity index (χ0v) is 21.3. The van der Waals surface area contributed by atoms with Gasteiger partial charge in [0.25, 0.3) is 0 Å². The van der Waals surface area contributed by atoms with Crippen molar-refractivity contribution in [2.45, 2.75) is 37.5 Å². The molecule has 3 saturated heterocycles. The van der Waals surface area contributed by atoms with Crippen molar-refractivity contribution in [1.29, 1.82) is 0 Å². The van der Waals surface area contributed by atoms with Crippen LogP contribution < -0.4 is 15.5 Å². The van der Waals surface area contributed by atoms with Gasteiger partial charge in [0.1, 0.15) is 23.8 Å². The molecule has 204 valence electrons. The molecule has 6 rings (SSSR count). The molecule has 0 aliphatic carbocycles. The highest BCUT2D eigenvalue weighted by atomic mass is 19.4. The van der Waals surface area contributed by atoms with Gasteiger partial charge in [-0.25, -0.2) is 9.97 Å². The fraction of sp³-hybridized carbons (Fsp3) is 0.556. The van der Waals surface area contributed by atoms with E-state index < -0.39 is 18.1 Å². The third-order valence-electron chi connectivity index (χ3n) is 8.14. The number of H-pyrrole nitrogens is 1. The van der Waals surface area contributed by atoms with E-state index in [0.717, 1.165) is 73.7 Å². The second-order valence-electron chi connectivity index (χ2n) is 10.5. The van der Waals surface area contributed by atoms with Gasteiger partial charge in [-0.05, 0) is 62.7 Å². The van der Waals surface area contributed by atoms with Crippen LogP contribution in [0.4, 0.5) is 24.7 Å². The number of likely N-dealkylation sites (tertiary alicyclic amines) is 1. The van der Waals surface area contributed by atoms with E-state index in [2.05, 4.69) is 35.4 Å². The van der Waals surface area contributed by atoms with Crippen LogP contribution in [0.15, 0.2) is 36.7 Å². The molecule has 3 aromatic rings. The molecule has 0 bridgehead atoms. The van der Waals surface area contributed by atoms with Crippen molar-refractivity contribution in [3.8, 4) is 11.3 Å². The molecule has 2 aromatic heterocycles. The molecule has 0 amide bonds. The van der Waals surface area contributed by atoms with Gasteiger partial charge in [-0.2, -0.15) is 13.2 Å². The largest absolute Gasteiger partial charge is 0.408 e. The van der Waals surface area contributed by atoms with Gasteiger partial charge in [-0.1, -0.05) is 12.1 Å². The number of benzene rings is 1. The normalized spacial score (nSPS) is 22.7. The van der Waals surface area contributed by atoms with Crippen molar-refractivity contribution in [2.75, 3.05) is 62.7 Å². The van der Waals surface area contributed by atoms with E-state index in [0.29, 0.717) is 37.9 Å². The monoisotopic (exact) mass is 529 g/mol. The molecule has 1 unspecified atom stereocenters. The quantitative estimate of drug-likeness (QED) is 0.447. The number of ether oxygens (including phenoxy) is 1. The molecule has 0 spiro atoms. The zero-order chi connectivity index (χ0) is 26.1. The van der Waals surface area contributed by atoms with E-state index in [1.165, 1.54) is 0 Å². The fourth-order valence-corrected chi connectivity index (χ4v) is 6.09. The molecular weight excluding hydrogens is 495 g/mol. The lowest BCUT2D eigenvalue weighted by Gasteiger charge is -2.33. The van der Waals surface area contributed by atoms with Gasteiger partial charge in [0.2, 0.25) is 0 Å². The molecule has 0 radical (unpaired) electrons. The number of aromatic nitrogens is 3. The minimum Gasteiger partial charge on any atom is -0.378 e. The van der Waals surface area contributed by atoms with Crippen LogP contribution in [-0.2, 0) is 4.74 Å². The number of nitrogens with one attached hydrogen (secondary N) is 3. The molecule has 5 heterocycles. The summed E-state index contributed by atoms with van der Waals surface area (Å²) in [7, 11) is 0. The fourth-order valence-electron chi connectivity index (χ4n) is 6.09. The number of hydrogen-bond acceptors (Lipinski definition) is 7. The third kappa shape index (κ3) is 5.32. The number of piperidine rings is 1. The van der Waals surface area contributed by atoms with Gasteiger partial charge in [-0.3, -0.25) is 4.90 Å². The minimum absolute atomic E-state index is 0.388. The van der Waals surface area contributed by atoms with Crippen LogP contribution in [0.2, 0.25) is 0 Å². The van der Waals surface area contributed by atoms with E-state index in [9.17, 15) is 13.2 Å². The molecule has 3 aliphatic heterocycles. The standard InChI is InChI=1S/C27H34F3N7O/c28-27(29,30)24(19-7-10-37(16-19)21-5-8-31-9-6-21)34-20-3-1-18(2-4-20)23-15-22-25(35-23)32-17-33-26(22)36-11-13-38-14-12-36/h1-4,15,17,19,21,24,31,34H,5-14,16H2,(H,32,33,35)/t19-,24?/m1/s1. The first kappa shape index (κ1) is 25.4. The number of morpholine rings is 1. The molecule has 38 heavy (non-hydrogen) atoms. The number of fused-ring (bicyclic) bond motifs is 1. The van der Waals surface area contributed by atoms with E-state index in [1.54, 1.807) is 18.5 Å². The van der Waals surface area contributed by atoms with E-state index in [4.69, 9.17) is 4.74 Å². The number of aromatic amines is 1. The molecule has 2 atom stereocenters. The number of rotatable bonds is 6. The summed E-state index contributed by atoms with van der Waals surface area (Å²) in [5.41, 5.74) is 2.93. The predicted octanol–water partition coefficient (Wildman–Crippen LogP) is 3.88. The average molecular weight is 530 g/mol. The molecule has 1 aromatic carbocycles. The Labute approximate surface area is 220 Å². The number of nitrogens with zero attached hydrogens (tertiary/aromatic N) is 4. The van der Waals surface area contributed by atoms with Crippen molar-refractivity contribution in [1.82, 2.24) is 25.2 Å². The number of hydrogen-bond donors (Lipinski definition) is 3. The lowest BCUT2D eigenvalue weighted by Crippen LogP contribution is -2.46. The summed E-state index contributed by atoms with van der Waals surface area (Å²) in [5.74, 6) is 0.401. The van der Waals surface area contributed by atoms with Crippen LogP contribution >= 0.6 is 0 Å². The average Bonchev–Trinajstić information content (AvgIpc) is 3.60. The van der Waals surface area contributed by atoms with Crippen molar-refractivity contribution in [3.63, 3.8) is 0 Å². The molecule has 0 saturated carbocycles. The van der Waals surface area contributed by atoms with Crippen LogP contribution in [0, 0.1) is 5.92 Å². The van der Waals surface area contributed by atoms with Gasteiger partial charge in [0.15, 0.2) is 0 Å². The summed E-state index contributed by atoms with van der Waals surface area (Å²) < 4.78 is 47.9. The summed E-state index contributed by atoms with van der Waals surface area (Å²) in [6, 6.07) is 7.98. The van der Waals surface area contributed by atoms with Crippen LogP contribution in [0.3, 0.4) is 0 Å². The first-order valence-electron chi connectivity index (χ1n) is 13.5. The first-order valence-corrected chi connectivity index (χ1v) is 13.5. The Morgan fingerprint density at radius 3 is 2.50 bits per heavy atom. The maximum atomic E-state index is 14.2. The third-order valence-corrected chi connectivity index (χ3v) is 8.14. The molecule has 3 aliphatic rings. The van der Waals surface area contributed by atoms with Crippen LogP contribution in [-0.4, -0.2) is 90.6 Å². The molecule has 3 N–H and O–H groups in total. The predicted molar refractivity (Wildman–Crippen MR) is 141 cm³/mol. The SMILES string of the molecule is FC(F)(F)C(Nc1ccc(-c2cc3c(N4CCOCC4)ncnc3[nH]2)cc1)[C@@H]1CCN(C2CCNCC2)C1. The Balaban J connectivity index is 1.17. The topological polar surface area (TPSA) is 81.3 Å². The van der Waals surface area contributed by atoms with E-state index >= 15 is 0 Å². The van der Waals surface area contributed by atoms with Gasteiger partial charge in [0.05, 0.1) is 18.6 Å². The Morgan fingerprint density at radius 1 is 1.00 bits per heavy atom. The number of anilines is 2. The Hall–Kier alpha value is -2.89. The summed E-state index contributed by atoms with van der Waals surface area (Å²) >= 11 is 0. The maximum Gasteiger partial charge on any atom is 0.408 e. The van der Waals surface area contributed by atoms with Crippen LogP contribution in [0.5, 0.6) is 0 Å². The van der Waals surface area contributed by atoms with Crippen molar-refractivity contribution in [2.24, 2.45) is 5.92 Å². The van der Waals surface area contributed by atoms with Crippen LogP contribution in [0.25, 0.3) is 22.3 Å². The van der Waals surface area contributed by atoms with Crippen molar-refractivity contribution >= 4 is 22.5 Å². The smallest absolute Gasteiger partial charge is 0.378 e. The van der Waals surface area contributed by atoms with Gasteiger partial charge in [0, 0.05) is 43.0 Å². The van der Waals surface area contributed by atoms with Crippen molar-refractivity contribution < 1.29 is 17.9 Å². The molecule has 3 fully saturated rings. The highest BCUT2D eigenvalue weighted by Crippen LogP contribution is 2.36. The van der Waals surface area contributed by atoms with Gasteiger partial charge >= 0.3 is 6.18 Å². The highest BCUT2D eigenvalue weighted by molar-refractivity contribution is 5.92. The lowest BCUT2D eigenvalue weighted by atomic mass is 9.97. The minimum atomic E-state index is -4.32. The summed E-state index contributed by atoms with van der Waals surface area (Å²) in [4.78, 5) is 16.7. The Morgan fingerprint density at radius 2 is 1.76 bits per heavy atom. The number of halogens is 3. The molecular formula is C27H34F3N7O. The summed E-state index contributed by atoms with van der Waals surface area (Å²) in [5, 5.41) is 7.08. The Bertz CT molecular complexity index is 1220. The highest BCUT2D eigenvalue weighted by Gasteiger charge is 2.47. The second-order valence-corrected chi connectivity index (χ2v) is 10.5. The van der Waals surface area contributed by atoms with Crippen molar-refractivity contribution in [3.05, 3.63) is 36.7 Å². The zero-order valence-electron chi connectivity index (χ0n) is 21.3. The van der Waals surface area contributed by atoms with Crippen LogP contribution in [0.1, 0.15) is 19.3 Å². The Kier molecular flexibility index (Phi) is 7.15. The summed E-state index contributed by atoms with van der Waals surface area (Å²) in [6.45, 7) is 5.96. The number of alkyl halides is 3.